The highest BCUT2D eigenvalue weighted by Crippen LogP contribution is 2.39. The van der Waals surface area contributed by atoms with Crippen molar-refractivity contribution in [3.63, 3.8) is 0 Å². The molecule has 1 aromatic heterocycles. The summed E-state index contributed by atoms with van der Waals surface area (Å²) >= 11 is 0. The molecule has 3 N–H and O–H groups in total. The number of hydrogen-bond acceptors (Lipinski definition) is 7. The Bertz CT molecular complexity index is 1030. The SMILES string of the molecule is COc1ccc(-c2oc3cc(O)c(C)c(O)c3c(=O)c2OC)cc1O. The summed E-state index contributed by atoms with van der Waals surface area (Å²) in [6.07, 6.45) is 0. The minimum absolute atomic E-state index is 0.00305. The number of aromatic hydroxyl groups is 3. The van der Waals surface area contributed by atoms with Crippen LogP contribution in [0.4, 0.5) is 0 Å². The van der Waals surface area contributed by atoms with E-state index in [4.69, 9.17) is 13.9 Å². The second-order valence-corrected chi connectivity index (χ2v) is 5.42. The lowest BCUT2D eigenvalue weighted by atomic mass is 10.1. The fourth-order valence-corrected chi connectivity index (χ4v) is 2.61. The van der Waals surface area contributed by atoms with Crippen molar-refractivity contribution in [1.29, 1.82) is 0 Å². The van der Waals surface area contributed by atoms with Crippen LogP contribution in [0.2, 0.25) is 0 Å². The van der Waals surface area contributed by atoms with E-state index in [-0.39, 0.29) is 51.0 Å². The van der Waals surface area contributed by atoms with Crippen molar-refractivity contribution in [3.05, 3.63) is 40.1 Å². The van der Waals surface area contributed by atoms with Crippen LogP contribution < -0.4 is 14.9 Å². The average molecular weight is 344 g/mol. The molecule has 0 atom stereocenters. The second-order valence-electron chi connectivity index (χ2n) is 5.42. The molecular formula is C18H16O7. The van der Waals surface area contributed by atoms with Gasteiger partial charge in [-0.15, -0.1) is 0 Å². The summed E-state index contributed by atoms with van der Waals surface area (Å²) in [5, 5.41) is 29.9. The highest BCUT2D eigenvalue weighted by molar-refractivity contribution is 5.89. The van der Waals surface area contributed by atoms with E-state index in [0.717, 1.165) is 0 Å². The summed E-state index contributed by atoms with van der Waals surface area (Å²) in [7, 11) is 2.72. The number of phenols is 3. The normalized spacial score (nSPS) is 10.8. The zero-order valence-corrected chi connectivity index (χ0v) is 13.8. The molecule has 0 aliphatic carbocycles. The molecule has 3 aromatic rings. The molecule has 7 heteroatoms. The lowest BCUT2D eigenvalue weighted by Gasteiger charge is -2.12. The van der Waals surface area contributed by atoms with Gasteiger partial charge < -0.3 is 29.2 Å². The van der Waals surface area contributed by atoms with Gasteiger partial charge in [-0.1, -0.05) is 0 Å². The van der Waals surface area contributed by atoms with Gasteiger partial charge in [0.25, 0.3) is 0 Å². The summed E-state index contributed by atoms with van der Waals surface area (Å²) in [5.74, 6) is -0.526. The Morgan fingerprint density at radius 3 is 2.32 bits per heavy atom. The highest BCUT2D eigenvalue weighted by atomic mass is 16.5. The number of ether oxygens (including phenoxy) is 2. The van der Waals surface area contributed by atoms with Crippen LogP contribution in [0.3, 0.4) is 0 Å². The van der Waals surface area contributed by atoms with Crippen molar-refractivity contribution in [2.75, 3.05) is 14.2 Å². The summed E-state index contributed by atoms with van der Waals surface area (Å²) in [6, 6.07) is 5.70. The standard InChI is InChI=1S/C18H16O7/c1-8-10(19)7-13-14(15(8)21)16(22)18(24-3)17(25-13)9-4-5-12(23-2)11(20)6-9/h4-7,19-21H,1-3H3. The first kappa shape index (κ1) is 16.5. The molecule has 2 aromatic carbocycles. The molecular weight excluding hydrogens is 328 g/mol. The van der Waals surface area contributed by atoms with E-state index in [0.29, 0.717) is 5.56 Å². The molecule has 7 nitrogen and oxygen atoms in total. The smallest absolute Gasteiger partial charge is 0.239 e. The predicted octanol–water partition coefficient (Wildman–Crippen LogP) is 2.90. The zero-order chi connectivity index (χ0) is 18.3. The summed E-state index contributed by atoms with van der Waals surface area (Å²) < 4.78 is 15.9. The van der Waals surface area contributed by atoms with Crippen LogP contribution in [0.25, 0.3) is 22.3 Å². The largest absolute Gasteiger partial charge is 0.507 e. The van der Waals surface area contributed by atoms with Gasteiger partial charge in [0.15, 0.2) is 17.3 Å². The maximum atomic E-state index is 12.7. The lowest BCUT2D eigenvalue weighted by Crippen LogP contribution is -2.08. The van der Waals surface area contributed by atoms with Crippen LogP contribution in [0.5, 0.6) is 28.7 Å². The lowest BCUT2D eigenvalue weighted by molar-refractivity contribution is 0.373. The number of phenolic OH excluding ortho intramolecular Hbond substituents is 3. The maximum Gasteiger partial charge on any atom is 0.239 e. The van der Waals surface area contributed by atoms with E-state index in [2.05, 4.69) is 0 Å². The van der Waals surface area contributed by atoms with Crippen LogP contribution >= 0.6 is 0 Å². The minimum Gasteiger partial charge on any atom is -0.507 e. The van der Waals surface area contributed by atoms with Gasteiger partial charge in [0, 0.05) is 17.2 Å². The summed E-state index contributed by atoms with van der Waals surface area (Å²) in [5.41, 5.74) is -0.0586. The van der Waals surface area contributed by atoms with E-state index >= 15 is 0 Å². The van der Waals surface area contributed by atoms with Crippen molar-refractivity contribution in [2.24, 2.45) is 0 Å². The Kier molecular flexibility index (Phi) is 3.92. The molecule has 25 heavy (non-hydrogen) atoms. The van der Waals surface area contributed by atoms with Crippen molar-refractivity contribution in [3.8, 4) is 40.1 Å². The van der Waals surface area contributed by atoms with Crippen LogP contribution in [0.15, 0.2) is 33.5 Å². The van der Waals surface area contributed by atoms with Gasteiger partial charge in [0.1, 0.15) is 22.5 Å². The predicted molar refractivity (Wildman–Crippen MR) is 90.8 cm³/mol. The summed E-state index contributed by atoms with van der Waals surface area (Å²) in [6.45, 7) is 1.48. The van der Waals surface area contributed by atoms with E-state index in [1.807, 2.05) is 0 Å². The van der Waals surface area contributed by atoms with Crippen molar-refractivity contribution in [1.82, 2.24) is 0 Å². The average Bonchev–Trinajstić information content (AvgIpc) is 2.59. The molecule has 0 spiro atoms. The Morgan fingerprint density at radius 1 is 1.00 bits per heavy atom. The molecule has 3 rings (SSSR count). The van der Waals surface area contributed by atoms with Gasteiger partial charge in [-0.2, -0.15) is 0 Å². The highest BCUT2D eigenvalue weighted by Gasteiger charge is 2.22. The van der Waals surface area contributed by atoms with Gasteiger partial charge >= 0.3 is 0 Å². The van der Waals surface area contributed by atoms with Crippen LogP contribution in [-0.2, 0) is 0 Å². The van der Waals surface area contributed by atoms with Gasteiger partial charge in [0.2, 0.25) is 11.2 Å². The topological polar surface area (TPSA) is 109 Å². The Morgan fingerprint density at radius 2 is 1.72 bits per heavy atom. The third-order valence-corrected chi connectivity index (χ3v) is 3.99. The van der Waals surface area contributed by atoms with Gasteiger partial charge in [-0.3, -0.25) is 4.79 Å². The van der Waals surface area contributed by atoms with E-state index in [1.54, 1.807) is 6.07 Å². The monoisotopic (exact) mass is 344 g/mol. The number of rotatable bonds is 3. The van der Waals surface area contributed by atoms with Gasteiger partial charge in [-0.25, -0.2) is 0 Å². The van der Waals surface area contributed by atoms with Crippen LogP contribution in [0, 0.1) is 6.92 Å². The van der Waals surface area contributed by atoms with Crippen molar-refractivity contribution < 1.29 is 29.2 Å². The van der Waals surface area contributed by atoms with Crippen molar-refractivity contribution in [2.45, 2.75) is 6.92 Å². The second kappa shape index (κ2) is 5.94. The third-order valence-electron chi connectivity index (χ3n) is 3.99. The van der Waals surface area contributed by atoms with E-state index in [9.17, 15) is 20.1 Å². The molecule has 0 aliphatic rings. The quantitative estimate of drug-likeness (QED) is 0.670. The Balaban J connectivity index is 2.38. The molecule has 0 radical (unpaired) electrons. The molecule has 0 fully saturated rings. The molecule has 0 amide bonds. The molecule has 0 saturated carbocycles. The molecule has 0 saturated heterocycles. The van der Waals surface area contributed by atoms with Crippen LogP contribution in [0.1, 0.15) is 5.56 Å². The molecule has 130 valence electrons. The van der Waals surface area contributed by atoms with Gasteiger partial charge in [0.05, 0.1) is 14.2 Å². The first-order valence-corrected chi connectivity index (χ1v) is 7.32. The number of fused-ring (bicyclic) bond motifs is 1. The third kappa shape index (κ3) is 2.50. The Labute approximate surface area is 142 Å². The molecule has 1 heterocycles. The fraction of sp³-hybridized carbons (Fsp3) is 0.167. The van der Waals surface area contributed by atoms with E-state index < -0.39 is 5.43 Å². The molecule has 0 unspecified atom stereocenters. The van der Waals surface area contributed by atoms with Crippen molar-refractivity contribution >= 4 is 11.0 Å². The first-order chi connectivity index (χ1) is 11.9. The molecule has 0 aliphatic heterocycles. The number of benzene rings is 2. The number of methoxy groups -OCH3 is 2. The zero-order valence-electron chi connectivity index (χ0n) is 13.8. The number of hydrogen-bond donors (Lipinski definition) is 3. The Hall–Kier alpha value is -3.35. The van der Waals surface area contributed by atoms with E-state index in [1.165, 1.54) is 39.3 Å². The maximum absolute atomic E-state index is 12.7. The molecule has 0 bridgehead atoms. The first-order valence-electron chi connectivity index (χ1n) is 7.32. The minimum atomic E-state index is -0.588. The fourth-order valence-electron chi connectivity index (χ4n) is 2.61. The summed E-state index contributed by atoms with van der Waals surface area (Å²) in [4.78, 5) is 12.7. The van der Waals surface area contributed by atoms with Crippen LogP contribution in [-0.4, -0.2) is 29.5 Å². The van der Waals surface area contributed by atoms with Gasteiger partial charge in [-0.05, 0) is 25.1 Å².